The molecule has 1 aromatic carbocycles. The number of hydrogen-bond donors (Lipinski definition) is 3. The van der Waals surface area contributed by atoms with Gasteiger partial charge in [0, 0.05) is 30.7 Å². The van der Waals surface area contributed by atoms with E-state index >= 15 is 0 Å². The van der Waals surface area contributed by atoms with Crippen molar-refractivity contribution in [2.24, 2.45) is 5.92 Å². The summed E-state index contributed by atoms with van der Waals surface area (Å²) < 4.78 is 10.9. The molecule has 1 saturated heterocycles. The Morgan fingerprint density at radius 3 is 2.66 bits per heavy atom. The highest BCUT2D eigenvalue weighted by Crippen LogP contribution is 2.31. The van der Waals surface area contributed by atoms with Gasteiger partial charge in [0.05, 0.1) is 38.4 Å². The highest BCUT2D eigenvalue weighted by atomic mass is 35.5. The van der Waals surface area contributed by atoms with Crippen LogP contribution in [0.5, 0.6) is 5.75 Å². The highest BCUT2D eigenvalue weighted by Gasteiger charge is 2.19. The van der Waals surface area contributed by atoms with Crippen molar-refractivity contribution < 1.29 is 14.3 Å². The number of hydrogen-bond acceptors (Lipinski definition) is 8. The lowest BCUT2D eigenvalue weighted by Crippen LogP contribution is -2.48. The normalized spacial score (nSPS) is 14.9. The number of carbonyl (C=O) groups excluding carboxylic acids is 1. The quantitative estimate of drug-likeness (QED) is 0.453. The van der Waals surface area contributed by atoms with E-state index in [0.29, 0.717) is 28.4 Å². The van der Waals surface area contributed by atoms with Gasteiger partial charge in [-0.2, -0.15) is 5.26 Å². The summed E-state index contributed by atoms with van der Waals surface area (Å²) in [7, 11) is 1.54. The molecule has 3 rings (SSSR count). The Morgan fingerprint density at radius 1 is 1.26 bits per heavy atom. The molecule has 11 heteroatoms. The molecule has 35 heavy (non-hydrogen) atoms. The lowest BCUT2D eigenvalue weighted by Gasteiger charge is -2.32. The molecule has 1 fully saturated rings. The van der Waals surface area contributed by atoms with Crippen LogP contribution in [0.1, 0.15) is 25.1 Å². The van der Waals surface area contributed by atoms with Gasteiger partial charge in [-0.05, 0) is 36.6 Å². The minimum Gasteiger partial charge on any atom is -0.495 e. The molecule has 1 aliphatic rings. The molecule has 0 saturated carbocycles. The molecule has 0 radical (unpaired) electrons. The van der Waals surface area contributed by atoms with E-state index in [4.69, 9.17) is 26.3 Å². The van der Waals surface area contributed by atoms with E-state index < -0.39 is 6.03 Å². The van der Waals surface area contributed by atoms with Crippen molar-refractivity contribution in [1.82, 2.24) is 20.2 Å². The molecule has 3 N–H and O–H groups in total. The predicted octanol–water partition coefficient (Wildman–Crippen LogP) is 3.14. The van der Waals surface area contributed by atoms with Crippen LogP contribution in [-0.4, -0.2) is 73.4 Å². The van der Waals surface area contributed by atoms with Crippen molar-refractivity contribution in [3.8, 4) is 11.8 Å². The maximum absolute atomic E-state index is 12.4. The molecule has 2 aromatic rings. The van der Waals surface area contributed by atoms with Gasteiger partial charge < -0.3 is 20.1 Å². The highest BCUT2D eigenvalue weighted by molar-refractivity contribution is 6.31. The first-order valence-corrected chi connectivity index (χ1v) is 12.0. The number of methoxy groups -OCH3 is 1. The van der Waals surface area contributed by atoms with E-state index in [1.165, 1.54) is 19.5 Å². The minimum atomic E-state index is -0.532. The van der Waals surface area contributed by atoms with Crippen molar-refractivity contribution >= 4 is 29.1 Å². The SMILES string of the molecule is COc1cc(CCN[C@H](CN2CCOCC2)C(C)C)c(Cl)cc1NC(=O)Nc1cnc(C#N)cn1. The van der Waals surface area contributed by atoms with Crippen LogP contribution in [0.3, 0.4) is 0 Å². The standard InChI is InChI=1S/C24H32ClN7O3/c1-16(2)21(15-32-6-8-35-9-7-32)27-5-4-17-10-22(34-3)20(11-19(17)25)30-24(33)31-23-14-28-18(12-26)13-29-23/h10-11,13-14,16,21,27H,4-9,15H2,1-3H3,(H2,29,30,31,33)/t21-/m1/s1. The number of nitriles is 1. The second kappa shape index (κ2) is 13.2. The number of ether oxygens (including phenoxy) is 2. The van der Waals surface area contributed by atoms with Crippen LogP contribution >= 0.6 is 11.6 Å². The molecule has 188 valence electrons. The van der Waals surface area contributed by atoms with Crippen LogP contribution in [0, 0.1) is 17.2 Å². The molecule has 2 heterocycles. The third-order valence-electron chi connectivity index (χ3n) is 5.79. The fraction of sp³-hybridized carbons (Fsp3) is 0.500. The predicted molar refractivity (Wildman–Crippen MR) is 135 cm³/mol. The molecule has 1 aliphatic heterocycles. The van der Waals surface area contributed by atoms with Gasteiger partial charge in [0.25, 0.3) is 0 Å². The number of halogens is 1. The fourth-order valence-electron chi connectivity index (χ4n) is 3.74. The van der Waals surface area contributed by atoms with Crippen LogP contribution in [-0.2, 0) is 11.2 Å². The summed E-state index contributed by atoms with van der Waals surface area (Å²) in [6.45, 7) is 9.72. The topological polar surface area (TPSA) is 124 Å². The summed E-state index contributed by atoms with van der Waals surface area (Å²) in [5.74, 6) is 1.21. The van der Waals surface area contributed by atoms with Gasteiger partial charge in [-0.15, -0.1) is 0 Å². The summed E-state index contributed by atoms with van der Waals surface area (Å²) in [6.07, 6.45) is 3.30. The van der Waals surface area contributed by atoms with E-state index in [2.05, 4.69) is 44.7 Å². The van der Waals surface area contributed by atoms with E-state index in [1.807, 2.05) is 12.1 Å². The summed E-state index contributed by atoms with van der Waals surface area (Å²) >= 11 is 6.54. The maximum atomic E-state index is 12.4. The number of nitrogens with zero attached hydrogens (tertiary/aromatic N) is 4. The Hall–Kier alpha value is -2.97. The molecule has 1 aromatic heterocycles. The fourth-order valence-corrected chi connectivity index (χ4v) is 4.00. The van der Waals surface area contributed by atoms with Crippen molar-refractivity contribution in [3.63, 3.8) is 0 Å². The molecular formula is C24H32ClN7O3. The Bertz CT molecular complexity index is 1020. The Kier molecular flexibility index (Phi) is 10.0. The van der Waals surface area contributed by atoms with Crippen molar-refractivity contribution in [2.45, 2.75) is 26.3 Å². The summed E-state index contributed by atoms with van der Waals surface area (Å²) in [6, 6.07) is 5.22. The zero-order valence-corrected chi connectivity index (χ0v) is 21.1. The molecule has 0 unspecified atom stereocenters. The lowest BCUT2D eigenvalue weighted by molar-refractivity contribution is 0.0310. The summed E-state index contributed by atoms with van der Waals surface area (Å²) in [5.41, 5.74) is 1.52. The average molecular weight is 502 g/mol. The Balaban J connectivity index is 1.57. The summed E-state index contributed by atoms with van der Waals surface area (Å²) in [5, 5.41) is 18.3. The van der Waals surface area contributed by atoms with Gasteiger partial charge >= 0.3 is 6.03 Å². The van der Waals surface area contributed by atoms with Gasteiger partial charge in [-0.3, -0.25) is 10.2 Å². The molecule has 1 atom stereocenters. The Morgan fingerprint density at radius 2 is 2.03 bits per heavy atom. The third-order valence-corrected chi connectivity index (χ3v) is 6.14. The third kappa shape index (κ3) is 8.04. The average Bonchev–Trinajstić information content (AvgIpc) is 2.85. The van der Waals surface area contributed by atoms with E-state index in [-0.39, 0.29) is 11.5 Å². The minimum absolute atomic E-state index is 0.162. The van der Waals surface area contributed by atoms with Gasteiger partial charge in [0.1, 0.15) is 11.8 Å². The number of morpholine rings is 1. The van der Waals surface area contributed by atoms with Crippen LogP contribution in [0.4, 0.5) is 16.3 Å². The molecule has 2 amide bonds. The molecule has 10 nitrogen and oxygen atoms in total. The first kappa shape index (κ1) is 26.6. The number of amides is 2. The molecular weight excluding hydrogens is 470 g/mol. The van der Waals surface area contributed by atoms with Gasteiger partial charge in [0.15, 0.2) is 11.5 Å². The maximum Gasteiger partial charge on any atom is 0.325 e. The zero-order chi connectivity index (χ0) is 25.2. The van der Waals surface area contributed by atoms with Crippen LogP contribution in [0.15, 0.2) is 24.5 Å². The second-order valence-electron chi connectivity index (χ2n) is 8.59. The largest absolute Gasteiger partial charge is 0.495 e. The van der Waals surface area contributed by atoms with E-state index in [9.17, 15) is 4.79 Å². The number of anilines is 2. The molecule has 0 bridgehead atoms. The number of rotatable bonds is 10. The van der Waals surface area contributed by atoms with Gasteiger partial charge in [-0.1, -0.05) is 25.4 Å². The summed E-state index contributed by atoms with van der Waals surface area (Å²) in [4.78, 5) is 22.7. The molecule has 0 spiro atoms. The number of nitrogens with one attached hydrogen (secondary N) is 3. The monoisotopic (exact) mass is 501 g/mol. The molecule has 0 aliphatic carbocycles. The van der Waals surface area contributed by atoms with Gasteiger partial charge in [0.2, 0.25) is 0 Å². The van der Waals surface area contributed by atoms with E-state index in [1.54, 1.807) is 6.07 Å². The smallest absolute Gasteiger partial charge is 0.325 e. The first-order valence-electron chi connectivity index (χ1n) is 11.6. The van der Waals surface area contributed by atoms with Gasteiger partial charge in [-0.25, -0.2) is 14.8 Å². The van der Waals surface area contributed by atoms with Crippen molar-refractivity contribution in [1.29, 1.82) is 5.26 Å². The first-order chi connectivity index (χ1) is 16.9. The lowest BCUT2D eigenvalue weighted by atomic mass is 10.0. The number of carbonyl (C=O) groups is 1. The number of benzene rings is 1. The van der Waals surface area contributed by atoms with Crippen molar-refractivity contribution in [3.05, 3.63) is 40.8 Å². The zero-order valence-electron chi connectivity index (χ0n) is 20.3. The second-order valence-corrected chi connectivity index (χ2v) is 9.00. The van der Waals surface area contributed by atoms with Crippen LogP contribution in [0.2, 0.25) is 5.02 Å². The number of urea groups is 1. The Labute approximate surface area is 211 Å². The van der Waals surface area contributed by atoms with Crippen LogP contribution in [0.25, 0.3) is 0 Å². The van der Waals surface area contributed by atoms with Crippen molar-refractivity contribution in [2.75, 3.05) is 57.1 Å². The van der Waals surface area contributed by atoms with Crippen LogP contribution < -0.4 is 20.7 Å². The van der Waals surface area contributed by atoms with E-state index in [0.717, 1.165) is 51.4 Å². The number of aromatic nitrogens is 2.